The quantitative estimate of drug-likeness (QED) is 0.268. The Balaban J connectivity index is 0. The van der Waals surface area contributed by atoms with E-state index in [1.165, 1.54) is 0 Å². The van der Waals surface area contributed by atoms with Gasteiger partial charge in [-0.25, -0.2) is 4.79 Å². The van der Waals surface area contributed by atoms with E-state index in [2.05, 4.69) is 4.52 Å². The molecule has 0 saturated carbocycles. The van der Waals surface area contributed by atoms with Crippen molar-refractivity contribution >= 4 is 56.1 Å². The maximum atomic E-state index is 10.8. The summed E-state index contributed by atoms with van der Waals surface area (Å²) in [6, 6.07) is 0. The van der Waals surface area contributed by atoms with E-state index >= 15 is 0 Å². The summed E-state index contributed by atoms with van der Waals surface area (Å²) in [5.74, 6) is -4.98. The van der Waals surface area contributed by atoms with Crippen molar-refractivity contribution in [2.45, 2.75) is 18.4 Å². The number of carboxylic acids is 2. The molecule has 0 bridgehead atoms. The fourth-order valence-corrected chi connectivity index (χ4v) is 1.07. The molecule has 1 unspecified atom stereocenters. The van der Waals surface area contributed by atoms with Crippen LogP contribution in [0.5, 0.6) is 0 Å². The van der Waals surface area contributed by atoms with Crippen molar-refractivity contribution in [2.75, 3.05) is 0 Å². The van der Waals surface area contributed by atoms with Crippen LogP contribution < -0.4 is 0 Å². The molecule has 0 amide bonds. The van der Waals surface area contributed by atoms with E-state index in [4.69, 9.17) is 20.0 Å². The van der Waals surface area contributed by atoms with Gasteiger partial charge in [0, 0.05) is 0 Å². The number of carboxylic acid groups (broad SMARTS) is 2. The summed E-state index contributed by atoms with van der Waals surface area (Å²) in [6.45, 7) is 0. The third-order valence-corrected chi connectivity index (χ3v) is 1.83. The van der Waals surface area contributed by atoms with Gasteiger partial charge in [0.05, 0.1) is 12.8 Å². The number of hydrogen-bond donors (Lipinski definition) is 5. The second-order valence-electron chi connectivity index (χ2n) is 2.80. The van der Waals surface area contributed by atoms with Gasteiger partial charge < -0.3 is 29.6 Å². The molecule has 0 aromatic carbocycles. The molecule has 17 heavy (non-hydrogen) atoms. The Kier molecular flexibility index (Phi) is 8.90. The zero-order valence-electron chi connectivity index (χ0n) is 7.73. The van der Waals surface area contributed by atoms with Crippen molar-refractivity contribution in [3.8, 4) is 0 Å². The second kappa shape index (κ2) is 7.93. The molecule has 0 heterocycles. The number of rotatable bonds is 6. The van der Waals surface area contributed by atoms with Gasteiger partial charge >= 0.3 is 56.1 Å². The second-order valence-corrected chi connectivity index (χ2v) is 3.49. The molecule has 5 N–H and O–H groups in total. The fourth-order valence-electron chi connectivity index (χ4n) is 0.826. The molecule has 0 aromatic rings. The molecule has 0 saturated heterocycles. The summed E-state index contributed by atoms with van der Waals surface area (Å²) in [4.78, 5) is 48.1. The van der Waals surface area contributed by atoms with Gasteiger partial charge in [-0.05, 0) is 0 Å². The first kappa shape index (κ1) is 19.1. The molecule has 9 nitrogen and oxygen atoms in total. The summed E-state index contributed by atoms with van der Waals surface area (Å²) in [5.41, 5.74) is -2.84. The molecule has 0 radical (unpaired) electrons. The third kappa shape index (κ3) is 7.61. The first-order valence-electron chi connectivity index (χ1n) is 3.73. The van der Waals surface area contributed by atoms with E-state index in [1.807, 2.05) is 0 Å². The Morgan fingerprint density at radius 3 is 1.88 bits per heavy atom. The average Bonchev–Trinajstić information content (AvgIpc) is 1.98. The van der Waals surface area contributed by atoms with Crippen LogP contribution in [-0.4, -0.2) is 78.2 Å². The predicted molar refractivity (Wildman–Crippen MR) is 54.1 cm³/mol. The minimum atomic E-state index is -3.03. The molecule has 94 valence electrons. The van der Waals surface area contributed by atoms with E-state index in [9.17, 15) is 19.5 Å². The average molecular weight is 280 g/mol. The Bertz CT molecular complexity index is 306. The molecular formula is C6H10NaO9P. The molecule has 0 aliphatic rings. The van der Waals surface area contributed by atoms with Crippen molar-refractivity contribution in [2.24, 2.45) is 0 Å². The van der Waals surface area contributed by atoms with Crippen LogP contribution in [0, 0.1) is 0 Å². The molecule has 0 aromatic heterocycles. The number of aliphatic hydroxyl groups is 1. The van der Waals surface area contributed by atoms with E-state index in [1.54, 1.807) is 0 Å². The summed E-state index contributed by atoms with van der Waals surface area (Å²) >= 11 is 0. The van der Waals surface area contributed by atoms with Crippen LogP contribution in [0.15, 0.2) is 0 Å². The van der Waals surface area contributed by atoms with Crippen LogP contribution in [0.25, 0.3) is 0 Å². The summed E-state index contributed by atoms with van der Waals surface area (Å²) < 4.78 is 3.80. The topological polar surface area (TPSA) is 162 Å². The molecule has 0 fully saturated rings. The van der Waals surface area contributed by atoms with Crippen molar-refractivity contribution in [3.05, 3.63) is 0 Å². The monoisotopic (exact) mass is 280 g/mol. The number of carbonyl (C=O) groups is 3. The Labute approximate surface area is 118 Å². The predicted octanol–water partition coefficient (Wildman–Crippen LogP) is -2.23. The molecule has 0 aliphatic heterocycles. The van der Waals surface area contributed by atoms with Crippen molar-refractivity contribution in [1.82, 2.24) is 0 Å². The van der Waals surface area contributed by atoms with Crippen molar-refractivity contribution in [1.29, 1.82) is 0 Å². The van der Waals surface area contributed by atoms with Gasteiger partial charge in [-0.3, -0.25) is 9.59 Å². The van der Waals surface area contributed by atoms with Crippen LogP contribution in [0.1, 0.15) is 12.8 Å². The van der Waals surface area contributed by atoms with E-state index in [-0.39, 0.29) is 29.6 Å². The zero-order chi connectivity index (χ0) is 12.9. The first-order valence-corrected chi connectivity index (χ1v) is 4.90. The van der Waals surface area contributed by atoms with Gasteiger partial charge in [0.15, 0.2) is 5.60 Å². The number of carbonyl (C=O) groups excluding carboxylic acids is 1. The summed E-state index contributed by atoms with van der Waals surface area (Å²) in [7, 11) is -3.03. The van der Waals surface area contributed by atoms with Gasteiger partial charge in [0.25, 0.3) is 0 Å². The van der Waals surface area contributed by atoms with Gasteiger partial charge in [-0.1, -0.05) is 0 Å². The summed E-state index contributed by atoms with van der Waals surface area (Å²) in [6.07, 6.45) is -2.42. The zero-order valence-corrected chi connectivity index (χ0v) is 8.62. The van der Waals surface area contributed by atoms with Crippen LogP contribution >= 0.6 is 8.60 Å². The Morgan fingerprint density at radius 1 is 1.12 bits per heavy atom. The van der Waals surface area contributed by atoms with E-state index < -0.39 is 45.0 Å². The maximum absolute atomic E-state index is 10.8. The Morgan fingerprint density at radius 2 is 1.59 bits per heavy atom. The third-order valence-electron chi connectivity index (χ3n) is 1.46. The molecular weight excluding hydrogens is 270 g/mol. The Hall–Kier alpha value is -0.280. The molecule has 0 spiro atoms. The van der Waals surface area contributed by atoms with Crippen LogP contribution in [-0.2, 0) is 18.9 Å². The molecule has 11 heteroatoms. The normalized spacial score (nSPS) is 13.4. The van der Waals surface area contributed by atoms with Crippen molar-refractivity contribution in [3.63, 3.8) is 0 Å². The van der Waals surface area contributed by atoms with Gasteiger partial charge in [-0.2, -0.15) is 0 Å². The van der Waals surface area contributed by atoms with Gasteiger partial charge in [0.1, 0.15) is 0 Å². The standard InChI is InChI=1S/C6H9O9P.Na.H/c7-3(8)1-6(12,5(10)11)2-4(9)15-16(13)14;;/h12-14H,1-2H2,(H,7,8)(H,10,11);;. The molecule has 0 aliphatic carbocycles. The molecule has 0 rings (SSSR count). The number of aliphatic carboxylic acids is 2. The van der Waals surface area contributed by atoms with E-state index in [0.29, 0.717) is 0 Å². The van der Waals surface area contributed by atoms with Crippen molar-refractivity contribution < 1.29 is 44.0 Å². The van der Waals surface area contributed by atoms with Crippen LogP contribution in [0.4, 0.5) is 0 Å². The fraction of sp³-hybridized carbons (Fsp3) is 0.500. The number of hydrogen-bond acceptors (Lipinski definition) is 7. The van der Waals surface area contributed by atoms with E-state index in [0.717, 1.165) is 0 Å². The van der Waals surface area contributed by atoms with Crippen LogP contribution in [0.2, 0.25) is 0 Å². The minimum absolute atomic E-state index is 0. The first-order chi connectivity index (χ1) is 7.17. The van der Waals surface area contributed by atoms with Gasteiger partial charge in [0.2, 0.25) is 0 Å². The SMILES string of the molecule is O=C(O)CC(O)(CC(=O)OP(O)O)C(=O)O.[NaH]. The van der Waals surface area contributed by atoms with Gasteiger partial charge in [-0.15, -0.1) is 0 Å². The summed E-state index contributed by atoms with van der Waals surface area (Å²) in [5, 5.41) is 26.2. The molecule has 1 atom stereocenters. The van der Waals surface area contributed by atoms with Crippen LogP contribution in [0.3, 0.4) is 0 Å².